The van der Waals surface area contributed by atoms with E-state index in [9.17, 15) is 0 Å². The normalized spacial score (nSPS) is 11.0. The number of hydrogen-bond acceptors (Lipinski definition) is 4. The van der Waals surface area contributed by atoms with E-state index in [0.717, 1.165) is 42.3 Å². The highest BCUT2D eigenvalue weighted by Crippen LogP contribution is 2.19. The molecule has 0 unspecified atom stereocenters. The summed E-state index contributed by atoms with van der Waals surface area (Å²) in [6.07, 6.45) is 4.17. The number of hydrogen-bond donors (Lipinski definition) is 2. The van der Waals surface area contributed by atoms with Crippen molar-refractivity contribution in [3.63, 3.8) is 0 Å². The van der Waals surface area contributed by atoms with Crippen molar-refractivity contribution in [3.05, 3.63) is 77.4 Å². The number of aromatic nitrogens is 3. The van der Waals surface area contributed by atoms with Crippen molar-refractivity contribution < 1.29 is 4.74 Å². The third-order valence-corrected chi connectivity index (χ3v) is 4.75. The van der Waals surface area contributed by atoms with Gasteiger partial charge in [0.15, 0.2) is 5.96 Å². The average molecular weight is 534 g/mol. The van der Waals surface area contributed by atoms with Gasteiger partial charge in [0.2, 0.25) is 0 Å². The summed E-state index contributed by atoms with van der Waals surface area (Å²) in [7, 11) is 1.71. The Morgan fingerprint density at radius 2 is 1.94 bits per heavy atom. The topological polar surface area (TPSA) is 76.4 Å². The van der Waals surface area contributed by atoms with Gasteiger partial charge in [0.25, 0.3) is 0 Å². The van der Waals surface area contributed by atoms with E-state index < -0.39 is 0 Å². The van der Waals surface area contributed by atoms with Crippen LogP contribution in [0, 0.1) is 6.92 Å². The summed E-state index contributed by atoms with van der Waals surface area (Å²) in [6.45, 7) is 7.05. The van der Waals surface area contributed by atoms with Gasteiger partial charge in [0.1, 0.15) is 18.4 Å². The average Bonchev–Trinajstić information content (AvgIpc) is 3.26. The Bertz CT molecular complexity index is 958. The molecule has 2 N–H and O–H groups in total. The van der Waals surface area contributed by atoms with E-state index in [-0.39, 0.29) is 24.0 Å². The van der Waals surface area contributed by atoms with Gasteiger partial charge in [-0.25, -0.2) is 14.7 Å². The monoisotopic (exact) mass is 534 g/mol. The zero-order valence-electron chi connectivity index (χ0n) is 18.3. The fraction of sp³-hybridized carbons (Fsp3) is 0.348. The van der Waals surface area contributed by atoms with Crippen molar-refractivity contribution in [1.29, 1.82) is 0 Å². The molecule has 1 aromatic heterocycles. The number of benzene rings is 2. The second-order valence-electron chi connectivity index (χ2n) is 7.09. The highest BCUT2D eigenvalue weighted by Gasteiger charge is 2.03. The molecule has 0 amide bonds. The van der Waals surface area contributed by atoms with Gasteiger partial charge in [-0.1, -0.05) is 36.4 Å². The van der Waals surface area contributed by atoms with Gasteiger partial charge in [-0.05, 0) is 48.6 Å². The van der Waals surface area contributed by atoms with E-state index in [4.69, 9.17) is 9.73 Å². The molecule has 166 valence electrons. The number of nitrogens with zero attached hydrogens (tertiary/aromatic N) is 4. The first-order chi connectivity index (χ1) is 14.7. The van der Waals surface area contributed by atoms with Crippen LogP contribution in [-0.4, -0.2) is 40.9 Å². The third kappa shape index (κ3) is 7.86. The van der Waals surface area contributed by atoms with Crippen LogP contribution < -0.4 is 15.4 Å². The standard InChI is InChI=1S/C23H30N6O.HI/c1-4-25-23(26-11-10-19-9-8-18(2)22(13-19)30-3)27-14-20-6-5-7-21(12-20)15-29-17-24-16-28-29;/h5-9,12-13,16-17H,4,10-11,14-15H2,1-3H3,(H2,25,26,27);1H. The minimum Gasteiger partial charge on any atom is -0.496 e. The maximum Gasteiger partial charge on any atom is 0.191 e. The Hall–Kier alpha value is -2.62. The predicted octanol–water partition coefficient (Wildman–Crippen LogP) is 3.56. The SMILES string of the molecule is CCNC(=NCc1cccc(Cn2cncn2)c1)NCCc1ccc(C)c(OC)c1.I. The van der Waals surface area contributed by atoms with Gasteiger partial charge in [0, 0.05) is 13.1 Å². The molecule has 8 heteroatoms. The Morgan fingerprint density at radius 1 is 1.10 bits per heavy atom. The van der Waals surface area contributed by atoms with Crippen LogP contribution in [0.3, 0.4) is 0 Å². The van der Waals surface area contributed by atoms with Gasteiger partial charge in [-0.15, -0.1) is 24.0 Å². The van der Waals surface area contributed by atoms with Crippen molar-refractivity contribution in [2.75, 3.05) is 20.2 Å². The van der Waals surface area contributed by atoms with Crippen LogP contribution >= 0.6 is 24.0 Å². The van der Waals surface area contributed by atoms with Crippen LogP contribution in [0.25, 0.3) is 0 Å². The van der Waals surface area contributed by atoms with Gasteiger partial charge >= 0.3 is 0 Å². The molecule has 3 aromatic rings. The second-order valence-corrected chi connectivity index (χ2v) is 7.09. The minimum atomic E-state index is 0. The van der Waals surface area contributed by atoms with E-state index in [1.54, 1.807) is 19.8 Å². The van der Waals surface area contributed by atoms with Crippen LogP contribution in [0.15, 0.2) is 60.1 Å². The number of nitrogens with one attached hydrogen (secondary N) is 2. The van der Waals surface area contributed by atoms with Crippen LogP contribution in [-0.2, 0) is 19.5 Å². The highest BCUT2D eigenvalue weighted by atomic mass is 127. The predicted molar refractivity (Wildman–Crippen MR) is 135 cm³/mol. The summed E-state index contributed by atoms with van der Waals surface area (Å²) >= 11 is 0. The van der Waals surface area contributed by atoms with E-state index in [1.807, 2.05) is 4.68 Å². The highest BCUT2D eigenvalue weighted by molar-refractivity contribution is 14.0. The zero-order chi connectivity index (χ0) is 21.2. The molecule has 0 aliphatic carbocycles. The first-order valence-corrected chi connectivity index (χ1v) is 10.2. The Morgan fingerprint density at radius 3 is 2.68 bits per heavy atom. The number of ether oxygens (including phenoxy) is 1. The summed E-state index contributed by atoms with van der Waals surface area (Å²) in [5.41, 5.74) is 4.73. The van der Waals surface area contributed by atoms with Crippen LogP contribution in [0.1, 0.15) is 29.2 Å². The second kappa shape index (κ2) is 12.9. The summed E-state index contributed by atoms with van der Waals surface area (Å²) in [6, 6.07) is 14.7. The Kier molecular flexibility index (Phi) is 10.3. The molecule has 1 heterocycles. The maximum atomic E-state index is 5.42. The molecule has 31 heavy (non-hydrogen) atoms. The zero-order valence-corrected chi connectivity index (χ0v) is 20.7. The molecule has 0 atom stereocenters. The number of aliphatic imine (C=N–C) groups is 1. The fourth-order valence-electron chi connectivity index (χ4n) is 3.19. The molecule has 0 fully saturated rings. The minimum absolute atomic E-state index is 0. The third-order valence-electron chi connectivity index (χ3n) is 4.75. The number of halogens is 1. The molecule has 0 spiro atoms. The summed E-state index contributed by atoms with van der Waals surface area (Å²) < 4.78 is 7.23. The van der Waals surface area contributed by atoms with Gasteiger partial charge < -0.3 is 15.4 Å². The van der Waals surface area contributed by atoms with E-state index in [0.29, 0.717) is 13.1 Å². The lowest BCUT2D eigenvalue weighted by Crippen LogP contribution is -2.38. The molecule has 0 aliphatic heterocycles. The maximum absolute atomic E-state index is 5.42. The lowest BCUT2D eigenvalue weighted by molar-refractivity contribution is 0.411. The lowest BCUT2D eigenvalue weighted by atomic mass is 10.1. The van der Waals surface area contributed by atoms with Crippen LogP contribution in [0.4, 0.5) is 0 Å². The number of guanidine groups is 1. The lowest BCUT2D eigenvalue weighted by Gasteiger charge is -2.12. The summed E-state index contributed by atoms with van der Waals surface area (Å²) in [5, 5.41) is 10.9. The molecule has 7 nitrogen and oxygen atoms in total. The van der Waals surface area contributed by atoms with Gasteiger partial charge in [0.05, 0.1) is 20.2 Å². The van der Waals surface area contributed by atoms with Crippen molar-refractivity contribution in [1.82, 2.24) is 25.4 Å². The molecular formula is C23H31IN6O. The van der Waals surface area contributed by atoms with Gasteiger partial charge in [-0.2, -0.15) is 5.10 Å². The van der Waals surface area contributed by atoms with Crippen LogP contribution in [0.5, 0.6) is 5.75 Å². The van der Waals surface area contributed by atoms with Crippen molar-refractivity contribution in [2.24, 2.45) is 4.99 Å². The molecule has 0 aliphatic rings. The Balaban J connectivity index is 0.00000341. The molecule has 2 aromatic carbocycles. The van der Waals surface area contributed by atoms with E-state index in [1.165, 1.54) is 11.1 Å². The van der Waals surface area contributed by atoms with Crippen molar-refractivity contribution >= 4 is 29.9 Å². The quantitative estimate of drug-likeness (QED) is 0.250. The first kappa shape index (κ1) is 24.6. The number of methoxy groups -OCH3 is 1. The van der Waals surface area contributed by atoms with E-state index in [2.05, 4.69) is 77.0 Å². The fourth-order valence-corrected chi connectivity index (χ4v) is 3.19. The van der Waals surface area contributed by atoms with Gasteiger partial charge in [-0.3, -0.25) is 0 Å². The summed E-state index contributed by atoms with van der Waals surface area (Å²) in [4.78, 5) is 8.73. The Labute approximate surface area is 201 Å². The summed E-state index contributed by atoms with van der Waals surface area (Å²) in [5.74, 6) is 1.75. The molecular weight excluding hydrogens is 503 g/mol. The molecule has 0 bridgehead atoms. The number of aryl methyl sites for hydroxylation is 1. The molecule has 3 rings (SSSR count). The van der Waals surface area contributed by atoms with E-state index >= 15 is 0 Å². The van der Waals surface area contributed by atoms with Crippen molar-refractivity contribution in [3.8, 4) is 5.75 Å². The molecule has 0 saturated carbocycles. The smallest absolute Gasteiger partial charge is 0.191 e. The first-order valence-electron chi connectivity index (χ1n) is 10.2. The number of rotatable bonds is 9. The molecule has 0 radical (unpaired) electrons. The largest absolute Gasteiger partial charge is 0.496 e. The van der Waals surface area contributed by atoms with Crippen LogP contribution in [0.2, 0.25) is 0 Å². The van der Waals surface area contributed by atoms with Crippen molar-refractivity contribution in [2.45, 2.75) is 33.4 Å². The molecule has 0 saturated heterocycles.